The minimum Gasteiger partial charge on any atom is -0.324 e. The van der Waals surface area contributed by atoms with Crippen LogP contribution in [0.15, 0.2) is 0 Å². The standard InChI is InChI=1S/C7H13F2N/c1-6(2,5(8)9)7(10)3-4-7/h5H,3-4,10H2,1-2H3. The van der Waals surface area contributed by atoms with Gasteiger partial charge in [-0.2, -0.15) is 0 Å². The third-order valence-corrected chi connectivity index (χ3v) is 2.62. The second kappa shape index (κ2) is 1.91. The van der Waals surface area contributed by atoms with E-state index in [1.165, 1.54) is 13.8 Å². The van der Waals surface area contributed by atoms with Crippen LogP contribution in [0.1, 0.15) is 26.7 Å². The lowest BCUT2D eigenvalue weighted by atomic mass is 9.83. The van der Waals surface area contributed by atoms with Crippen molar-refractivity contribution in [1.29, 1.82) is 0 Å². The van der Waals surface area contributed by atoms with E-state index in [9.17, 15) is 8.78 Å². The monoisotopic (exact) mass is 149 g/mol. The van der Waals surface area contributed by atoms with Gasteiger partial charge in [-0.05, 0) is 12.8 Å². The van der Waals surface area contributed by atoms with Gasteiger partial charge in [-0.3, -0.25) is 0 Å². The highest BCUT2D eigenvalue weighted by atomic mass is 19.3. The molecule has 0 aliphatic heterocycles. The molecule has 0 amide bonds. The Morgan fingerprint density at radius 1 is 1.40 bits per heavy atom. The molecule has 0 aromatic carbocycles. The molecule has 0 heterocycles. The predicted octanol–water partition coefficient (Wildman–Crippen LogP) is 1.77. The Kier molecular flexibility index (Phi) is 1.51. The Hall–Kier alpha value is -0.180. The number of rotatable bonds is 2. The molecule has 0 aromatic heterocycles. The number of nitrogens with two attached hydrogens (primary N) is 1. The highest BCUT2D eigenvalue weighted by Crippen LogP contribution is 2.50. The SMILES string of the molecule is CC(C)(C(F)F)C1(N)CC1. The van der Waals surface area contributed by atoms with Crippen molar-refractivity contribution >= 4 is 0 Å². The van der Waals surface area contributed by atoms with Gasteiger partial charge in [-0.15, -0.1) is 0 Å². The van der Waals surface area contributed by atoms with E-state index in [0.29, 0.717) is 0 Å². The Morgan fingerprint density at radius 3 is 1.90 bits per heavy atom. The zero-order chi connectivity index (χ0) is 7.99. The lowest BCUT2D eigenvalue weighted by molar-refractivity contribution is -0.00462. The summed E-state index contributed by atoms with van der Waals surface area (Å²) < 4.78 is 24.5. The molecule has 0 unspecified atom stereocenters. The zero-order valence-corrected chi connectivity index (χ0v) is 6.32. The third kappa shape index (κ3) is 0.926. The van der Waals surface area contributed by atoms with Gasteiger partial charge >= 0.3 is 0 Å². The first-order chi connectivity index (χ1) is 4.40. The summed E-state index contributed by atoms with van der Waals surface area (Å²) in [6.07, 6.45) is -0.825. The van der Waals surface area contributed by atoms with E-state index in [4.69, 9.17) is 5.73 Å². The van der Waals surface area contributed by atoms with E-state index in [-0.39, 0.29) is 0 Å². The van der Waals surface area contributed by atoms with Crippen LogP contribution in [0.2, 0.25) is 0 Å². The molecule has 0 atom stereocenters. The molecule has 1 aliphatic carbocycles. The minimum absolute atomic E-state index is 0.582. The molecule has 1 nitrogen and oxygen atoms in total. The quantitative estimate of drug-likeness (QED) is 0.636. The van der Waals surface area contributed by atoms with E-state index >= 15 is 0 Å². The first-order valence-corrected chi connectivity index (χ1v) is 3.47. The summed E-state index contributed by atoms with van der Waals surface area (Å²) in [7, 11) is 0. The highest BCUT2D eigenvalue weighted by Gasteiger charge is 2.55. The molecular weight excluding hydrogens is 136 g/mol. The first-order valence-electron chi connectivity index (χ1n) is 3.47. The summed E-state index contributed by atoms with van der Waals surface area (Å²) in [5, 5.41) is 0. The fourth-order valence-electron chi connectivity index (χ4n) is 0.996. The molecule has 1 rings (SSSR count). The maximum absolute atomic E-state index is 12.3. The number of hydrogen-bond acceptors (Lipinski definition) is 1. The number of alkyl halides is 2. The molecule has 0 bridgehead atoms. The van der Waals surface area contributed by atoms with Gasteiger partial charge < -0.3 is 5.73 Å². The van der Waals surface area contributed by atoms with Crippen LogP contribution < -0.4 is 5.73 Å². The van der Waals surface area contributed by atoms with Gasteiger partial charge in [0.05, 0.1) is 0 Å². The largest absolute Gasteiger partial charge is 0.324 e. The van der Waals surface area contributed by atoms with Crippen molar-refractivity contribution < 1.29 is 8.78 Å². The van der Waals surface area contributed by atoms with Gasteiger partial charge in [0.25, 0.3) is 0 Å². The lowest BCUT2D eigenvalue weighted by Gasteiger charge is -2.30. The van der Waals surface area contributed by atoms with Crippen LogP contribution in [0.25, 0.3) is 0 Å². The van der Waals surface area contributed by atoms with Crippen molar-refractivity contribution in [3.8, 4) is 0 Å². The molecule has 0 spiro atoms. The molecule has 2 N–H and O–H groups in total. The maximum atomic E-state index is 12.3. The van der Waals surface area contributed by atoms with E-state index in [0.717, 1.165) is 12.8 Å². The fraction of sp³-hybridized carbons (Fsp3) is 1.00. The van der Waals surface area contributed by atoms with Gasteiger partial charge in [-0.1, -0.05) is 13.8 Å². The summed E-state index contributed by atoms with van der Waals surface area (Å²) in [6, 6.07) is 0. The van der Waals surface area contributed by atoms with Crippen LogP contribution >= 0.6 is 0 Å². The van der Waals surface area contributed by atoms with Gasteiger partial charge in [0.1, 0.15) is 0 Å². The summed E-state index contributed by atoms with van der Waals surface area (Å²) in [5.41, 5.74) is 4.06. The van der Waals surface area contributed by atoms with Gasteiger partial charge in [0, 0.05) is 11.0 Å². The summed E-state index contributed by atoms with van der Waals surface area (Å²) in [4.78, 5) is 0. The minimum atomic E-state index is -2.31. The molecule has 0 radical (unpaired) electrons. The van der Waals surface area contributed by atoms with Crippen LogP contribution in [0, 0.1) is 5.41 Å². The van der Waals surface area contributed by atoms with Gasteiger partial charge in [0.15, 0.2) is 0 Å². The van der Waals surface area contributed by atoms with E-state index in [2.05, 4.69) is 0 Å². The Morgan fingerprint density at radius 2 is 1.80 bits per heavy atom. The summed E-state index contributed by atoms with van der Waals surface area (Å²) in [5.74, 6) is 0. The molecule has 10 heavy (non-hydrogen) atoms. The molecule has 3 heteroatoms. The van der Waals surface area contributed by atoms with Crippen molar-refractivity contribution in [3.63, 3.8) is 0 Å². The fourth-order valence-corrected chi connectivity index (χ4v) is 0.996. The first kappa shape index (κ1) is 7.92. The zero-order valence-electron chi connectivity index (χ0n) is 6.32. The topological polar surface area (TPSA) is 26.0 Å². The van der Waals surface area contributed by atoms with Crippen LogP contribution in [0.5, 0.6) is 0 Å². The molecule has 1 saturated carbocycles. The Labute approximate surface area is 59.6 Å². The average molecular weight is 149 g/mol. The van der Waals surface area contributed by atoms with Crippen molar-refractivity contribution in [2.75, 3.05) is 0 Å². The van der Waals surface area contributed by atoms with Crippen molar-refractivity contribution in [2.45, 2.75) is 38.7 Å². The van der Waals surface area contributed by atoms with E-state index in [1.54, 1.807) is 0 Å². The molecule has 0 saturated heterocycles. The van der Waals surface area contributed by atoms with Gasteiger partial charge in [-0.25, -0.2) is 8.78 Å². The van der Waals surface area contributed by atoms with E-state index < -0.39 is 17.4 Å². The number of halogens is 2. The van der Waals surface area contributed by atoms with Crippen LogP contribution in [-0.2, 0) is 0 Å². The number of hydrogen-bond donors (Lipinski definition) is 1. The Bertz CT molecular complexity index is 139. The normalized spacial score (nSPS) is 23.4. The predicted molar refractivity (Wildman–Crippen MR) is 35.9 cm³/mol. The molecule has 1 aliphatic rings. The van der Waals surface area contributed by atoms with Crippen molar-refractivity contribution in [3.05, 3.63) is 0 Å². The summed E-state index contributed by atoms with van der Waals surface area (Å²) >= 11 is 0. The van der Waals surface area contributed by atoms with Crippen LogP contribution in [0.4, 0.5) is 8.78 Å². The maximum Gasteiger partial charge on any atom is 0.245 e. The third-order valence-electron chi connectivity index (χ3n) is 2.62. The average Bonchev–Trinajstić information content (AvgIpc) is 2.48. The molecule has 60 valence electrons. The summed E-state index contributed by atoms with van der Waals surface area (Å²) in [6.45, 7) is 3.06. The molecular formula is C7H13F2N. The van der Waals surface area contributed by atoms with Crippen LogP contribution in [-0.4, -0.2) is 12.0 Å². The van der Waals surface area contributed by atoms with Crippen LogP contribution in [0.3, 0.4) is 0 Å². The highest BCUT2D eigenvalue weighted by molar-refractivity contribution is 5.09. The van der Waals surface area contributed by atoms with E-state index in [1.807, 2.05) is 0 Å². The second-order valence-corrected chi connectivity index (χ2v) is 3.68. The molecule has 1 fully saturated rings. The van der Waals surface area contributed by atoms with Gasteiger partial charge in [0.2, 0.25) is 6.43 Å². The smallest absolute Gasteiger partial charge is 0.245 e. The van der Waals surface area contributed by atoms with Crippen molar-refractivity contribution in [1.82, 2.24) is 0 Å². The lowest BCUT2D eigenvalue weighted by Crippen LogP contribution is -2.44. The second-order valence-electron chi connectivity index (χ2n) is 3.68. The molecule has 0 aromatic rings. The van der Waals surface area contributed by atoms with Crippen molar-refractivity contribution in [2.24, 2.45) is 11.1 Å². The Balaban J connectivity index is 2.67.